The van der Waals surface area contributed by atoms with Gasteiger partial charge in [-0.1, -0.05) is 109 Å². The summed E-state index contributed by atoms with van der Waals surface area (Å²) in [5.41, 5.74) is 10.1. The molecule has 0 bridgehead atoms. The molecule has 1 aromatic heterocycles. The molecular weight excluding hydrogens is 448 g/mol. The maximum atomic E-state index is 4.59. The molecular formula is C35H26N2. The summed E-state index contributed by atoms with van der Waals surface area (Å²) in [6.07, 6.45) is 1.84. The molecule has 0 radical (unpaired) electrons. The predicted molar refractivity (Wildman–Crippen MR) is 155 cm³/mol. The minimum absolute atomic E-state index is 0.958. The molecule has 0 aliphatic heterocycles. The van der Waals surface area contributed by atoms with Crippen molar-refractivity contribution >= 4 is 17.1 Å². The average Bonchev–Trinajstić information content (AvgIpc) is 2.99. The third kappa shape index (κ3) is 4.78. The maximum Gasteiger partial charge on any atom is 0.0702 e. The van der Waals surface area contributed by atoms with E-state index in [4.69, 9.17) is 0 Å². The van der Waals surface area contributed by atoms with E-state index < -0.39 is 0 Å². The van der Waals surface area contributed by atoms with Crippen LogP contribution in [0.1, 0.15) is 0 Å². The van der Waals surface area contributed by atoms with Gasteiger partial charge in [0.1, 0.15) is 0 Å². The Labute approximate surface area is 218 Å². The number of para-hydroxylation sites is 1. The predicted octanol–water partition coefficient (Wildman–Crippen LogP) is 9.55. The number of nitrogens with zero attached hydrogens (tertiary/aromatic N) is 2. The van der Waals surface area contributed by atoms with Crippen LogP contribution in [0.4, 0.5) is 17.1 Å². The van der Waals surface area contributed by atoms with Gasteiger partial charge in [-0.25, -0.2) is 0 Å². The molecule has 0 amide bonds. The SMILES string of the molecule is c1ccc(-c2ccc(N(c3cccc(-c4ccccn4)c3)c3ccccc3-c3ccccc3)cc2)cc1. The summed E-state index contributed by atoms with van der Waals surface area (Å²) in [6.45, 7) is 0. The summed E-state index contributed by atoms with van der Waals surface area (Å²) in [5, 5.41) is 0. The van der Waals surface area contributed by atoms with E-state index in [1.807, 2.05) is 18.3 Å². The van der Waals surface area contributed by atoms with Crippen molar-refractivity contribution in [3.8, 4) is 33.5 Å². The van der Waals surface area contributed by atoms with Crippen LogP contribution in [0.25, 0.3) is 33.5 Å². The lowest BCUT2D eigenvalue weighted by atomic mass is 10.0. The fourth-order valence-corrected chi connectivity index (χ4v) is 4.73. The minimum atomic E-state index is 0.958. The van der Waals surface area contributed by atoms with Crippen LogP contribution in [0.15, 0.2) is 158 Å². The molecule has 0 atom stereocenters. The Kier molecular flexibility index (Phi) is 6.30. The monoisotopic (exact) mass is 474 g/mol. The summed E-state index contributed by atoms with van der Waals surface area (Å²) in [4.78, 5) is 6.92. The second-order valence-electron chi connectivity index (χ2n) is 8.90. The number of hydrogen-bond donors (Lipinski definition) is 0. The smallest absolute Gasteiger partial charge is 0.0702 e. The highest BCUT2D eigenvalue weighted by molar-refractivity contribution is 5.89. The van der Waals surface area contributed by atoms with Crippen LogP contribution in [-0.4, -0.2) is 4.98 Å². The number of pyridine rings is 1. The first-order valence-electron chi connectivity index (χ1n) is 12.5. The van der Waals surface area contributed by atoms with Gasteiger partial charge in [0, 0.05) is 28.7 Å². The Balaban J connectivity index is 1.51. The number of aromatic nitrogens is 1. The molecule has 0 spiro atoms. The van der Waals surface area contributed by atoms with Crippen molar-refractivity contribution < 1.29 is 0 Å². The van der Waals surface area contributed by atoms with E-state index in [1.165, 1.54) is 22.3 Å². The highest BCUT2D eigenvalue weighted by Crippen LogP contribution is 2.41. The lowest BCUT2D eigenvalue weighted by Gasteiger charge is -2.28. The van der Waals surface area contributed by atoms with E-state index in [0.717, 1.165) is 28.3 Å². The molecule has 6 rings (SSSR count). The van der Waals surface area contributed by atoms with Gasteiger partial charge in [-0.05, 0) is 59.2 Å². The lowest BCUT2D eigenvalue weighted by molar-refractivity contribution is 1.27. The van der Waals surface area contributed by atoms with Crippen molar-refractivity contribution in [2.45, 2.75) is 0 Å². The first kappa shape index (κ1) is 22.5. The Morgan fingerprint density at radius 3 is 1.76 bits per heavy atom. The van der Waals surface area contributed by atoms with Gasteiger partial charge in [-0.3, -0.25) is 4.98 Å². The fourth-order valence-electron chi connectivity index (χ4n) is 4.73. The molecule has 0 aliphatic carbocycles. The molecule has 0 saturated heterocycles. The van der Waals surface area contributed by atoms with Crippen molar-refractivity contribution in [3.05, 3.63) is 158 Å². The zero-order valence-corrected chi connectivity index (χ0v) is 20.4. The van der Waals surface area contributed by atoms with E-state index >= 15 is 0 Å². The van der Waals surface area contributed by atoms with E-state index in [9.17, 15) is 0 Å². The second kappa shape index (κ2) is 10.3. The van der Waals surface area contributed by atoms with E-state index in [1.54, 1.807) is 0 Å². The molecule has 2 nitrogen and oxygen atoms in total. The van der Waals surface area contributed by atoms with Crippen molar-refractivity contribution in [3.63, 3.8) is 0 Å². The van der Waals surface area contributed by atoms with Gasteiger partial charge in [0.2, 0.25) is 0 Å². The summed E-state index contributed by atoms with van der Waals surface area (Å²) >= 11 is 0. The third-order valence-corrected chi connectivity index (χ3v) is 6.53. The molecule has 0 fully saturated rings. The number of rotatable bonds is 6. The van der Waals surface area contributed by atoms with Gasteiger partial charge in [0.05, 0.1) is 11.4 Å². The summed E-state index contributed by atoms with van der Waals surface area (Å²) in [5.74, 6) is 0. The molecule has 0 N–H and O–H groups in total. The zero-order valence-electron chi connectivity index (χ0n) is 20.4. The first-order valence-corrected chi connectivity index (χ1v) is 12.5. The van der Waals surface area contributed by atoms with Crippen molar-refractivity contribution in [1.29, 1.82) is 0 Å². The third-order valence-electron chi connectivity index (χ3n) is 6.53. The van der Waals surface area contributed by atoms with Crippen LogP contribution in [0.3, 0.4) is 0 Å². The minimum Gasteiger partial charge on any atom is -0.310 e. The molecule has 1 heterocycles. The topological polar surface area (TPSA) is 16.1 Å². The van der Waals surface area contributed by atoms with Gasteiger partial charge < -0.3 is 4.90 Å². The highest BCUT2D eigenvalue weighted by atomic mass is 15.1. The molecule has 6 aromatic rings. The highest BCUT2D eigenvalue weighted by Gasteiger charge is 2.17. The average molecular weight is 475 g/mol. The maximum absolute atomic E-state index is 4.59. The van der Waals surface area contributed by atoms with Crippen LogP contribution in [-0.2, 0) is 0 Å². The Morgan fingerprint density at radius 1 is 0.405 bits per heavy atom. The molecule has 0 aliphatic rings. The molecule has 2 heteroatoms. The van der Waals surface area contributed by atoms with Crippen LogP contribution in [0, 0.1) is 0 Å². The Hall–Kier alpha value is -4.95. The Bertz CT molecular complexity index is 1590. The Morgan fingerprint density at radius 2 is 1.03 bits per heavy atom. The standard InChI is InChI=1S/C35H26N2/c1-3-12-27(13-4-1)28-21-23-31(24-22-28)37(32-17-11-16-30(26-32)34-19-9-10-25-36-34)35-20-8-7-18-33(35)29-14-5-2-6-15-29/h1-26H. The summed E-state index contributed by atoms with van der Waals surface area (Å²) in [6, 6.07) is 53.1. The molecule has 0 unspecified atom stereocenters. The van der Waals surface area contributed by atoms with Crippen molar-refractivity contribution in [2.24, 2.45) is 0 Å². The molecule has 0 saturated carbocycles. The van der Waals surface area contributed by atoms with Gasteiger partial charge >= 0.3 is 0 Å². The number of anilines is 3. The fraction of sp³-hybridized carbons (Fsp3) is 0. The van der Waals surface area contributed by atoms with Crippen LogP contribution >= 0.6 is 0 Å². The second-order valence-corrected chi connectivity index (χ2v) is 8.90. The number of hydrogen-bond acceptors (Lipinski definition) is 2. The van der Waals surface area contributed by atoms with E-state index in [-0.39, 0.29) is 0 Å². The van der Waals surface area contributed by atoms with Gasteiger partial charge in [-0.15, -0.1) is 0 Å². The van der Waals surface area contributed by atoms with Gasteiger partial charge in [0.25, 0.3) is 0 Å². The molecule has 5 aromatic carbocycles. The van der Waals surface area contributed by atoms with Crippen LogP contribution in [0.2, 0.25) is 0 Å². The van der Waals surface area contributed by atoms with E-state index in [2.05, 4.69) is 149 Å². The molecule has 37 heavy (non-hydrogen) atoms. The van der Waals surface area contributed by atoms with E-state index in [0.29, 0.717) is 0 Å². The van der Waals surface area contributed by atoms with Crippen molar-refractivity contribution in [1.82, 2.24) is 4.98 Å². The van der Waals surface area contributed by atoms with Gasteiger partial charge in [0.15, 0.2) is 0 Å². The van der Waals surface area contributed by atoms with Crippen LogP contribution in [0.5, 0.6) is 0 Å². The normalized spacial score (nSPS) is 10.7. The summed E-state index contributed by atoms with van der Waals surface area (Å²) < 4.78 is 0. The first-order chi connectivity index (χ1) is 18.4. The largest absolute Gasteiger partial charge is 0.310 e. The van der Waals surface area contributed by atoms with Crippen LogP contribution < -0.4 is 4.90 Å². The lowest BCUT2D eigenvalue weighted by Crippen LogP contribution is -2.11. The zero-order chi connectivity index (χ0) is 24.9. The summed E-state index contributed by atoms with van der Waals surface area (Å²) in [7, 11) is 0. The molecule has 176 valence electrons. The van der Waals surface area contributed by atoms with Crippen molar-refractivity contribution in [2.75, 3.05) is 4.90 Å². The number of benzene rings is 5. The quantitative estimate of drug-likeness (QED) is 0.239. The van der Waals surface area contributed by atoms with Gasteiger partial charge in [-0.2, -0.15) is 0 Å².